The lowest BCUT2D eigenvalue weighted by Gasteiger charge is -2.23. The molecule has 154 valence electrons. The molecule has 0 spiro atoms. The zero-order chi connectivity index (χ0) is 21.6. The summed E-state index contributed by atoms with van der Waals surface area (Å²) in [5.41, 5.74) is 2.29. The molecule has 0 saturated heterocycles. The van der Waals surface area contributed by atoms with Gasteiger partial charge in [0, 0.05) is 11.5 Å². The van der Waals surface area contributed by atoms with E-state index < -0.39 is 0 Å². The molecule has 2 heterocycles. The summed E-state index contributed by atoms with van der Waals surface area (Å²) in [7, 11) is 0. The van der Waals surface area contributed by atoms with E-state index in [1.54, 1.807) is 16.8 Å². The third-order valence-corrected chi connectivity index (χ3v) is 4.68. The quantitative estimate of drug-likeness (QED) is 0.689. The van der Waals surface area contributed by atoms with Gasteiger partial charge in [-0.1, -0.05) is 20.8 Å². The van der Waals surface area contributed by atoms with Gasteiger partial charge >= 0.3 is 0 Å². The molecule has 7 heteroatoms. The van der Waals surface area contributed by atoms with Crippen molar-refractivity contribution in [2.75, 3.05) is 5.32 Å². The second-order valence-electron chi connectivity index (χ2n) is 9.23. The molecule has 0 aliphatic heterocycles. The first-order chi connectivity index (χ1) is 13.4. The monoisotopic (exact) mass is 397 g/mol. The largest absolute Gasteiger partial charge is 0.307 e. The van der Waals surface area contributed by atoms with Crippen molar-refractivity contribution in [2.24, 2.45) is 0 Å². The first-order valence-corrected chi connectivity index (χ1v) is 9.61. The lowest BCUT2D eigenvalue weighted by molar-refractivity contribution is 0.102. The van der Waals surface area contributed by atoms with Gasteiger partial charge in [-0.15, -0.1) is 0 Å². The van der Waals surface area contributed by atoms with Crippen LogP contribution in [0, 0.1) is 12.7 Å². The molecule has 0 atom stereocenters. The predicted molar refractivity (Wildman–Crippen MR) is 112 cm³/mol. The Labute approximate surface area is 170 Å². The van der Waals surface area contributed by atoms with Crippen LogP contribution in [0.1, 0.15) is 63.3 Å². The van der Waals surface area contributed by atoms with E-state index >= 15 is 0 Å². The molecule has 0 aliphatic carbocycles. The summed E-state index contributed by atoms with van der Waals surface area (Å²) in [5, 5.41) is 12.0. The molecular weight excluding hydrogens is 369 g/mol. The van der Waals surface area contributed by atoms with Crippen molar-refractivity contribution >= 4 is 11.7 Å². The number of nitrogens with zero attached hydrogens (tertiary/aromatic N) is 4. The van der Waals surface area contributed by atoms with Crippen molar-refractivity contribution in [1.29, 1.82) is 0 Å². The fourth-order valence-electron chi connectivity index (χ4n) is 3.01. The number of halogens is 1. The van der Waals surface area contributed by atoms with Crippen LogP contribution in [0.15, 0.2) is 36.5 Å². The van der Waals surface area contributed by atoms with Gasteiger partial charge in [0.15, 0.2) is 0 Å². The van der Waals surface area contributed by atoms with Gasteiger partial charge in [0.05, 0.1) is 34.4 Å². The standard InChI is InChI=1S/C22H28FN5O/c1-14-17(13-24-27(14)16-10-8-15(23)9-11-16)20(29)25-19-12-18(21(2,3)4)26-28(19)22(5,6)7/h8-13H,1-7H3,(H,25,29). The van der Waals surface area contributed by atoms with E-state index in [-0.39, 0.29) is 22.7 Å². The molecule has 0 saturated carbocycles. The first-order valence-electron chi connectivity index (χ1n) is 9.61. The van der Waals surface area contributed by atoms with Crippen LogP contribution in [0.5, 0.6) is 0 Å². The normalized spacial score (nSPS) is 12.3. The van der Waals surface area contributed by atoms with Crippen LogP contribution >= 0.6 is 0 Å². The van der Waals surface area contributed by atoms with E-state index in [4.69, 9.17) is 5.10 Å². The molecule has 1 amide bonds. The highest BCUT2D eigenvalue weighted by molar-refractivity contribution is 6.04. The Balaban J connectivity index is 1.93. The van der Waals surface area contributed by atoms with Crippen LogP contribution < -0.4 is 5.32 Å². The highest BCUT2D eigenvalue weighted by atomic mass is 19.1. The van der Waals surface area contributed by atoms with Crippen LogP contribution in [0.25, 0.3) is 5.69 Å². The lowest BCUT2D eigenvalue weighted by atomic mass is 9.92. The predicted octanol–water partition coefficient (Wildman–Crippen LogP) is 4.82. The molecule has 1 N–H and O–H groups in total. The molecule has 1 aromatic carbocycles. The molecular formula is C22H28FN5O. The summed E-state index contributed by atoms with van der Waals surface area (Å²) in [6.45, 7) is 14.2. The van der Waals surface area contributed by atoms with Gasteiger partial charge in [-0.05, 0) is 52.0 Å². The minimum atomic E-state index is -0.318. The Hall–Kier alpha value is -2.96. The van der Waals surface area contributed by atoms with E-state index in [0.29, 0.717) is 22.8 Å². The number of anilines is 1. The Morgan fingerprint density at radius 2 is 1.69 bits per heavy atom. The third-order valence-electron chi connectivity index (χ3n) is 4.68. The minimum Gasteiger partial charge on any atom is -0.307 e. The van der Waals surface area contributed by atoms with Crippen LogP contribution in [0.3, 0.4) is 0 Å². The number of nitrogens with one attached hydrogen (secondary N) is 1. The Bertz CT molecular complexity index is 1030. The van der Waals surface area contributed by atoms with Crippen molar-refractivity contribution in [1.82, 2.24) is 19.6 Å². The lowest BCUT2D eigenvalue weighted by Crippen LogP contribution is -2.27. The zero-order valence-electron chi connectivity index (χ0n) is 18.0. The van der Waals surface area contributed by atoms with E-state index in [9.17, 15) is 9.18 Å². The minimum absolute atomic E-state index is 0.140. The van der Waals surface area contributed by atoms with Crippen LogP contribution in [-0.2, 0) is 11.0 Å². The van der Waals surface area contributed by atoms with Gasteiger partial charge in [0.1, 0.15) is 11.6 Å². The summed E-state index contributed by atoms with van der Waals surface area (Å²) in [4.78, 5) is 13.0. The first kappa shape index (κ1) is 20.8. The second-order valence-corrected chi connectivity index (χ2v) is 9.23. The SMILES string of the molecule is Cc1c(C(=O)Nc2cc(C(C)(C)C)nn2C(C)(C)C)cnn1-c1ccc(F)cc1. The molecule has 0 unspecified atom stereocenters. The van der Waals surface area contributed by atoms with Crippen molar-refractivity contribution < 1.29 is 9.18 Å². The van der Waals surface area contributed by atoms with E-state index in [1.165, 1.54) is 18.3 Å². The van der Waals surface area contributed by atoms with Crippen molar-refractivity contribution in [2.45, 2.75) is 59.4 Å². The van der Waals surface area contributed by atoms with Gasteiger partial charge in [0.2, 0.25) is 0 Å². The molecule has 3 aromatic rings. The van der Waals surface area contributed by atoms with Crippen molar-refractivity contribution in [3.63, 3.8) is 0 Å². The maximum absolute atomic E-state index is 13.2. The maximum atomic E-state index is 13.2. The second kappa shape index (κ2) is 7.13. The van der Waals surface area contributed by atoms with Gasteiger partial charge in [0.25, 0.3) is 5.91 Å². The summed E-state index contributed by atoms with van der Waals surface area (Å²) in [5.74, 6) is 0.0599. The molecule has 0 aliphatic rings. The highest BCUT2D eigenvalue weighted by Gasteiger charge is 2.26. The average molecular weight is 397 g/mol. The molecule has 6 nitrogen and oxygen atoms in total. The van der Waals surface area contributed by atoms with Gasteiger partial charge in [-0.2, -0.15) is 10.2 Å². The van der Waals surface area contributed by atoms with Crippen LogP contribution in [0.2, 0.25) is 0 Å². The average Bonchev–Trinajstić information content (AvgIpc) is 3.19. The van der Waals surface area contributed by atoms with E-state index in [1.807, 2.05) is 38.4 Å². The Morgan fingerprint density at radius 3 is 2.24 bits per heavy atom. The van der Waals surface area contributed by atoms with Gasteiger partial charge < -0.3 is 5.32 Å². The molecule has 0 radical (unpaired) electrons. The van der Waals surface area contributed by atoms with E-state index in [2.05, 4.69) is 31.2 Å². The summed E-state index contributed by atoms with van der Waals surface area (Å²) in [6, 6.07) is 7.91. The maximum Gasteiger partial charge on any atom is 0.260 e. The molecule has 29 heavy (non-hydrogen) atoms. The van der Waals surface area contributed by atoms with Crippen molar-refractivity contribution in [3.8, 4) is 5.69 Å². The fourth-order valence-corrected chi connectivity index (χ4v) is 3.01. The number of benzene rings is 1. The third kappa shape index (κ3) is 4.23. The zero-order valence-corrected chi connectivity index (χ0v) is 18.0. The number of aromatic nitrogens is 4. The number of carbonyl (C=O) groups is 1. The molecule has 0 fully saturated rings. The number of carbonyl (C=O) groups excluding carboxylic acids is 1. The summed E-state index contributed by atoms with van der Waals surface area (Å²) in [6.07, 6.45) is 1.52. The highest BCUT2D eigenvalue weighted by Crippen LogP contribution is 2.28. The van der Waals surface area contributed by atoms with Crippen molar-refractivity contribution in [3.05, 3.63) is 59.3 Å². The van der Waals surface area contributed by atoms with Crippen LogP contribution in [-0.4, -0.2) is 25.5 Å². The molecule has 2 aromatic heterocycles. The van der Waals surface area contributed by atoms with Gasteiger partial charge in [-0.3, -0.25) is 4.79 Å². The van der Waals surface area contributed by atoms with Crippen LogP contribution in [0.4, 0.5) is 10.2 Å². The Kier molecular flexibility index (Phi) is 5.11. The topological polar surface area (TPSA) is 64.7 Å². The summed E-state index contributed by atoms with van der Waals surface area (Å²) >= 11 is 0. The smallest absolute Gasteiger partial charge is 0.260 e. The molecule has 3 rings (SSSR count). The number of amides is 1. The van der Waals surface area contributed by atoms with E-state index in [0.717, 1.165) is 5.69 Å². The number of hydrogen-bond acceptors (Lipinski definition) is 3. The Morgan fingerprint density at radius 1 is 1.07 bits per heavy atom. The number of hydrogen-bond donors (Lipinski definition) is 1. The van der Waals surface area contributed by atoms with Gasteiger partial charge in [-0.25, -0.2) is 13.8 Å². The fraction of sp³-hybridized carbons (Fsp3) is 0.409. The molecule has 0 bridgehead atoms. The number of rotatable bonds is 3. The summed E-state index contributed by atoms with van der Waals surface area (Å²) < 4.78 is 16.7.